The van der Waals surface area contributed by atoms with Gasteiger partial charge in [0.2, 0.25) is 5.91 Å². The van der Waals surface area contributed by atoms with Gasteiger partial charge in [-0.1, -0.05) is 24.3 Å². The van der Waals surface area contributed by atoms with Crippen molar-refractivity contribution in [2.24, 2.45) is 0 Å². The topological polar surface area (TPSA) is 66.4 Å². The van der Waals surface area contributed by atoms with Crippen LogP contribution in [-0.2, 0) is 16.0 Å². The number of nitrogens with one attached hydrogen (secondary N) is 1. The van der Waals surface area contributed by atoms with Gasteiger partial charge in [0.15, 0.2) is 0 Å². The number of carboxylic acid groups (broad SMARTS) is 1. The number of carboxylic acids is 1. The highest BCUT2D eigenvalue weighted by atomic mass is 16.4. The number of amides is 1. The molecule has 1 atom stereocenters. The van der Waals surface area contributed by atoms with Gasteiger partial charge in [0.25, 0.3) is 0 Å². The molecule has 0 aliphatic heterocycles. The lowest BCUT2D eigenvalue weighted by atomic mass is 10.0. The number of hydrogen-bond acceptors (Lipinski definition) is 2. The van der Waals surface area contributed by atoms with Crippen LogP contribution < -0.4 is 5.32 Å². The van der Waals surface area contributed by atoms with Crippen molar-refractivity contribution in [3.63, 3.8) is 0 Å². The largest absolute Gasteiger partial charge is 0.480 e. The molecule has 4 heteroatoms. The summed E-state index contributed by atoms with van der Waals surface area (Å²) in [6.07, 6.45) is 5.89. The fourth-order valence-electron chi connectivity index (χ4n) is 1.72. The molecule has 0 aliphatic carbocycles. The molecule has 1 unspecified atom stereocenters. The van der Waals surface area contributed by atoms with Gasteiger partial charge in [0.05, 0.1) is 0 Å². The molecule has 0 saturated carbocycles. The first-order valence-electron chi connectivity index (χ1n) is 6.04. The Bertz CT molecular complexity index is 502. The highest BCUT2D eigenvalue weighted by molar-refractivity contribution is 5.83. The lowest BCUT2D eigenvalue weighted by Gasteiger charge is -2.12. The molecule has 0 aliphatic rings. The van der Waals surface area contributed by atoms with E-state index in [1.54, 1.807) is 0 Å². The van der Waals surface area contributed by atoms with E-state index < -0.39 is 12.0 Å². The van der Waals surface area contributed by atoms with E-state index >= 15 is 0 Å². The minimum atomic E-state index is -1.11. The van der Waals surface area contributed by atoms with Gasteiger partial charge in [-0.25, -0.2) is 4.79 Å². The van der Waals surface area contributed by atoms with Crippen LogP contribution >= 0.6 is 0 Å². The highest BCUT2D eigenvalue weighted by Crippen LogP contribution is 2.09. The number of aryl methyl sites for hydroxylation is 2. The number of carbonyl (C=O) groups excluding carboxylic acids is 1. The molecule has 1 rings (SSSR count). The molecule has 0 saturated heterocycles. The maximum atomic E-state index is 11.7. The first-order valence-corrected chi connectivity index (χ1v) is 6.04. The third-order valence-electron chi connectivity index (χ3n) is 2.84. The zero-order valence-electron chi connectivity index (χ0n) is 10.8. The van der Waals surface area contributed by atoms with Crippen molar-refractivity contribution in [2.45, 2.75) is 32.2 Å². The molecule has 19 heavy (non-hydrogen) atoms. The highest BCUT2D eigenvalue weighted by Gasteiger charge is 2.18. The van der Waals surface area contributed by atoms with E-state index in [9.17, 15) is 9.59 Å². The maximum Gasteiger partial charge on any atom is 0.327 e. The van der Waals surface area contributed by atoms with Gasteiger partial charge in [-0.2, -0.15) is 0 Å². The Morgan fingerprint density at radius 3 is 2.68 bits per heavy atom. The predicted octanol–water partition coefficient (Wildman–Crippen LogP) is 1.52. The number of hydrogen-bond donors (Lipinski definition) is 2. The zero-order valence-corrected chi connectivity index (χ0v) is 10.8. The summed E-state index contributed by atoms with van der Waals surface area (Å²) in [5.74, 6) is 0.833. The van der Waals surface area contributed by atoms with E-state index in [1.807, 2.05) is 31.2 Å². The monoisotopic (exact) mass is 259 g/mol. The van der Waals surface area contributed by atoms with Gasteiger partial charge in [0.1, 0.15) is 6.04 Å². The van der Waals surface area contributed by atoms with Gasteiger partial charge in [-0.3, -0.25) is 4.79 Å². The van der Waals surface area contributed by atoms with E-state index in [2.05, 4.69) is 11.2 Å². The molecule has 1 aromatic carbocycles. The second-order valence-electron chi connectivity index (χ2n) is 4.29. The maximum absolute atomic E-state index is 11.7. The van der Waals surface area contributed by atoms with Gasteiger partial charge in [-0.05, 0) is 24.5 Å². The Morgan fingerprint density at radius 1 is 1.42 bits per heavy atom. The summed E-state index contributed by atoms with van der Waals surface area (Å²) in [6, 6.07) is 6.78. The van der Waals surface area contributed by atoms with Crippen molar-refractivity contribution in [1.82, 2.24) is 5.32 Å². The molecular weight excluding hydrogens is 242 g/mol. The van der Waals surface area contributed by atoms with Gasteiger partial charge in [0, 0.05) is 12.8 Å². The van der Waals surface area contributed by atoms with Gasteiger partial charge in [-0.15, -0.1) is 12.3 Å². The van der Waals surface area contributed by atoms with Crippen LogP contribution in [0.25, 0.3) is 0 Å². The molecule has 2 N–H and O–H groups in total. The third-order valence-corrected chi connectivity index (χ3v) is 2.84. The van der Waals surface area contributed by atoms with Crippen LogP contribution in [0.15, 0.2) is 24.3 Å². The van der Waals surface area contributed by atoms with Crippen LogP contribution in [-0.4, -0.2) is 23.0 Å². The summed E-state index contributed by atoms with van der Waals surface area (Å²) in [5.41, 5.74) is 2.20. The fraction of sp³-hybridized carbons (Fsp3) is 0.333. The molecule has 0 heterocycles. The molecule has 0 aromatic heterocycles. The molecule has 0 bridgehead atoms. The zero-order chi connectivity index (χ0) is 14.3. The van der Waals surface area contributed by atoms with Crippen molar-refractivity contribution in [1.29, 1.82) is 0 Å². The van der Waals surface area contributed by atoms with E-state index in [0.717, 1.165) is 11.1 Å². The van der Waals surface area contributed by atoms with Crippen LogP contribution in [0, 0.1) is 19.3 Å². The van der Waals surface area contributed by atoms with Gasteiger partial charge < -0.3 is 10.4 Å². The van der Waals surface area contributed by atoms with E-state index in [-0.39, 0.29) is 18.7 Å². The van der Waals surface area contributed by atoms with Crippen LogP contribution in [0.1, 0.15) is 24.0 Å². The average Bonchev–Trinajstić information content (AvgIpc) is 2.37. The number of rotatable bonds is 6. The third kappa shape index (κ3) is 4.84. The molecule has 0 radical (unpaired) electrons. The Kier molecular flexibility index (Phi) is 5.62. The Morgan fingerprint density at radius 2 is 2.11 bits per heavy atom. The van der Waals surface area contributed by atoms with Crippen LogP contribution in [0.4, 0.5) is 0 Å². The lowest BCUT2D eigenvalue weighted by molar-refractivity contribution is -0.141. The standard InChI is InChI=1S/C15H17NO3/c1-3-6-13(15(18)19)16-14(17)10-9-12-8-5-4-7-11(12)2/h1,4-5,7-8,13H,6,9-10H2,2H3,(H,16,17)(H,18,19). The summed E-state index contributed by atoms with van der Waals surface area (Å²) in [4.78, 5) is 22.5. The average molecular weight is 259 g/mol. The molecule has 1 aromatic rings. The molecule has 1 amide bonds. The van der Waals surface area contributed by atoms with Crippen LogP contribution in [0.3, 0.4) is 0 Å². The van der Waals surface area contributed by atoms with Crippen molar-refractivity contribution < 1.29 is 14.7 Å². The Labute approximate surface area is 112 Å². The van der Waals surface area contributed by atoms with Crippen molar-refractivity contribution >= 4 is 11.9 Å². The van der Waals surface area contributed by atoms with Crippen molar-refractivity contribution in [3.8, 4) is 12.3 Å². The van der Waals surface area contributed by atoms with Crippen molar-refractivity contribution in [2.75, 3.05) is 0 Å². The first-order chi connectivity index (χ1) is 9.04. The molecule has 0 spiro atoms. The first kappa shape index (κ1) is 14.8. The quantitative estimate of drug-likeness (QED) is 0.761. The minimum Gasteiger partial charge on any atom is -0.480 e. The fourth-order valence-corrected chi connectivity index (χ4v) is 1.72. The van der Waals surface area contributed by atoms with Crippen LogP contribution in [0.2, 0.25) is 0 Å². The smallest absolute Gasteiger partial charge is 0.327 e. The van der Waals surface area contributed by atoms with E-state index in [1.165, 1.54) is 0 Å². The second-order valence-corrected chi connectivity index (χ2v) is 4.29. The minimum absolute atomic E-state index is 0.00849. The van der Waals surface area contributed by atoms with E-state index in [0.29, 0.717) is 6.42 Å². The lowest BCUT2D eigenvalue weighted by Crippen LogP contribution is -2.40. The van der Waals surface area contributed by atoms with Crippen LogP contribution in [0.5, 0.6) is 0 Å². The number of benzene rings is 1. The predicted molar refractivity (Wildman–Crippen MR) is 72.5 cm³/mol. The van der Waals surface area contributed by atoms with E-state index in [4.69, 9.17) is 11.5 Å². The summed E-state index contributed by atoms with van der Waals surface area (Å²) < 4.78 is 0. The summed E-state index contributed by atoms with van der Waals surface area (Å²) in [7, 11) is 0. The molecular formula is C15H17NO3. The summed E-state index contributed by atoms with van der Waals surface area (Å²) >= 11 is 0. The molecule has 4 nitrogen and oxygen atoms in total. The Balaban J connectivity index is 2.50. The normalized spacial score (nSPS) is 11.4. The molecule has 0 fully saturated rings. The number of carbonyl (C=O) groups is 2. The SMILES string of the molecule is C#CCC(NC(=O)CCc1ccccc1C)C(=O)O. The number of aliphatic carboxylic acids is 1. The number of terminal acetylenes is 1. The van der Waals surface area contributed by atoms with Crippen molar-refractivity contribution in [3.05, 3.63) is 35.4 Å². The summed E-state index contributed by atoms with van der Waals surface area (Å²) in [6.45, 7) is 1.98. The van der Waals surface area contributed by atoms with Gasteiger partial charge >= 0.3 is 5.97 Å². The second kappa shape index (κ2) is 7.22. The Hall–Kier alpha value is -2.28. The molecule has 100 valence electrons. The summed E-state index contributed by atoms with van der Waals surface area (Å²) in [5, 5.41) is 11.3.